The molecule has 1 saturated carbocycles. The Morgan fingerprint density at radius 3 is 2.45 bits per heavy atom. The molecule has 1 aromatic carbocycles. The van der Waals surface area contributed by atoms with Crippen LogP contribution in [0.15, 0.2) is 23.2 Å². The minimum Gasteiger partial charge on any atom is -0.493 e. The van der Waals surface area contributed by atoms with Gasteiger partial charge in [0.2, 0.25) is 0 Å². The van der Waals surface area contributed by atoms with E-state index in [0.29, 0.717) is 22.9 Å². The van der Waals surface area contributed by atoms with Gasteiger partial charge in [0.15, 0.2) is 17.5 Å². The smallest absolute Gasteiger partial charge is 0.193 e. The van der Waals surface area contributed by atoms with Gasteiger partial charge in [-0.05, 0) is 30.4 Å². The Labute approximate surface area is 149 Å². The van der Waals surface area contributed by atoms with Crippen LogP contribution in [0.4, 0.5) is 5.69 Å². The Morgan fingerprint density at radius 1 is 1.23 bits per heavy atom. The van der Waals surface area contributed by atoms with Crippen LogP contribution in [0.5, 0.6) is 11.5 Å². The average molecular weight is 419 g/mol. The number of halogens is 1. The molecule has 22 heavy (non-hydrogen) atoms. The number of hydrogen-bond donors (Lipinski definition) is 2. The van der Waals surface area contributed by atoms with Crippen molar-refractivity contribution in [1.29, 1.82) is 0 Å². The zero-order chi connectivity index (χ0) is 15.3. The van der Waals surface area contributed by atoms with Gasteiger partial charge < -0.3 is 20.5 Å². The van der Waals surface area contributed by atoms with Gasteiger partial charge in [0.1, 0.15) is 0 Å². The van der Waals surface area contributed by atoms with E-state index in [9.17, 15) is 0 Å². The number of methoxy groups -OCH3 is 2. The summed E-state index contributed by atoms with van der Waals surface area (Å²) >= 11 is 0. The quantitative estimate of drug-likeness (QED) is 0.435. The average Bonchev–Trinajstić information content (AvgIpc) is 2.92. The molecule has 0 aromatic heterocycles. The Hall–Kier alpha value is -1.18. The van der Waals surface area contributed by atoms with Gasteiger partial charge in [-0.25, -0.2) is 0 Å². The summed E-state index contributed by atoms with van der Waals surface area (Å²) in [5.41, 5.74) is 7.12. The fourth-order valence-electron chi connectivity index (χ4n) is 2.76. The van der Waals surface area contributed by atoms with Crippen molar-refractivity contribution < 1.29 is 9.47 Å². The number of hydrogen-bond acceptors (Lipinski definition) is 3. The van der Waals surface area contributed by atoms with Crippen LogP contribution in [0, 0.1) is 5.41 Å². The zero-order valence-electron chi connectivity index (χ0n) is 13.5. The standard InChI is InChI=1S/C16H25N3O2.HI/c1-16(8-4-5-9-16)11-18-15(17)19-12-6-7-13(20-2)14(10-12)21-3;/h6-7,10H,4-5,8-9,11H2,1-3H3,(H3,17,18,19);1H. The van der Waals surface area contributed by atoms with Gasteiger partial charge in [0, 0.05) is 18.3 Å². The first-order chi connectivity index (χ1) is 10.1. The van der Waals surface area contributed by atoms with Crippen LogP contribution in [-0.4, -0.2) is 26.7 Å². The second-order valence-corrected chi connectivity index (χ2v) is 5.91. The summed E-state index contributed by atoms with van der Waals surface area (Å²) in [5.74, 6) is 1.80. The third kappa shape index (κ3) is 4.93. The first-order valence-corrected chi connectivity index (χ1v) is 7.35. The molecule has 1 aromatic rings. The van der Waals surface area contributed by atoms with Gasteiger partial charge in [-0.1, -0.05) is 19.8 Å². The molecule has 0 heterocycles. The topological polar surface area (TPSA) is 68.9 Å². The van der Waals surface area contributed by atoms with Crippen molar-refractivity contribution in [2.75, 3.05) is 26.1 Å². The summed E-state index contributed by atoms with van der Waals surface area (Å²) in [6, 6.07) is 5.58. The first-order valence-electron chi connectivity index (χ1n) is 7.35. The molecular formula is C16H26IN3O2. The van der Waals surface area contributed by atoms with Crippen molar-refractivity contribution in [3.8, 4) is 11.5 Å². The predicted octanol–water partition coefficient (Wildman–Crippen LogP) is 3.63. The molecule has 0 unspecified atom stereocenters. The Kier molecular flexibility index (Phi) is 7.25. The van der Waals surface area contributed by atoms with Crippen LogP contribution >= 0.6 is 24.0 Å². The molecular weight excluding hydrogens is 393 g/mol. The molecule has 0 aliphatic heterocycles. The normalized spacial score (nSPS) is 16.8. The summed E-state index contributed by atoms with van der Waals surface area (Å²) in [6.07, 6.45) is 5.07. The third-order valence-corrected chi connectivity index (χ3v) is 4.10. The van der Waals surface area contributed by atoms with E-state index in [2.05, 4.69) is 17.2 Å². The summed E-state index contributed by atoms with van der Waals surface area (Å²) in [7, 11) is 3.23. The number of nitrogens with zero attached hydrogens (tertiary/aromatic N) is 1. The zero-order valence-corrected chi connectivity index (χ0v) is 15.8. The van der Waals surface area contributed by atoms with Crippen molar-refractivity contribution in [2.45, 2.75) is 32.6 Å². The number of nitrogens with two attached hydrogens (primary N) is 1. The fourth-order valence-corrected chi connectivity index (χ4v) is 2.76. The molecule has 124 valence electrons. The van der Waals surface area contributed by atoms with Crippen LogP contribution in [-0.2, 0) is 0 Å². The molecule has 2 rings (SSSR count). The maximum absolute atomic E-state index is 5.97. The number of guanidine groups is 1. The largest absolute Gasteiger partial charge is 0.493 e. The summed E-state index contributed by atoms with van der Waals surface area (Å²) in [5, 5.41) is 3.10. The highest BCUT2D eigenvalue weighted by molar-refractivity contribution is 14.0. The van der Waals surface area contributed by atoms with Crippen molar-refractivity contribution in [3.05, 3.63) is 18.2 Å². The molecule has 1 aliphatic carbocycles. The highest BCUT2D eigenvalue weighted by Crippen LogP contribution is 2.37. The minimum atomic E-state index is 0. The summed E-state index contributed by atoms with van der Waals surface area (Å²) in [4.78, 5) is 4.48. The number of anilines is 1. The maximum Gasteiger partial charge on any atom is 0.193 e. The second-order valence-electron chi connectivity index (χ2n) is 5.91. The maximum atomic E-state index is 5.97. The lowest BCUT2D eigenvalue weighted by atomic mass is 9.89. The predicted molar refractivity (Wildman–Crippen MR) is 102 cm³/mol. The lowest BCUT2D eigenvalue weighted by molar-refractivity contribution is 0.351. The number of rotatable bonds is 5. The number of nitrogens with one attached hydrogen (secondary N) is 1. The van der Waals surface area contributed by atoms with Crippen molar-refractivity contribution >= 4 is 35.6 Å². The van der Waals surface area contributed by atoms with E-state index < -0.39 is 0 Å². The minimum absolute atomic E-state index is 0. The molecule has 1 aliphatic rings. The van der Waals surface area contributed by atoms with E-state index >= 15 is 0 Å². The van der Waals surface area contributed by atoms with Crippen LogP contribution in [0.3, 0.4) is 0 Å². The molecule has 3 N–H and O–H groups in total. The molecule has 0 spiro atoms. The van der Waals surface area contributed by atoms with Crippen molar-refractivity contribution in [2.24, 2.45) is 16.1 Å². The monoisotopic (exact) mass is 419 g/mol. The molecule has 0 bridgehead atoms. The third-order valence-electron chi connectivity index (χ3n) is 4.10. The highest BCUT2D eigenvalue weighted by atomic mass is 127. The van der Waals surface area contributed by atoms with E-state index in [4.69, 9.17) is 15.2 Å². The molecule has 0 atom stereocenters. The van der Waals surface area contributed by atoms with Gasteiger partial charge in [-0.3, -0.25) is 4.99 Å². The second kappa shape index (κ2) is 8.45. The van der Waals surface area contributed by atoms with E-state index in [1.54, 1.807) is 14.2 Å². The van der Waals surface area contributed by atoms with Crippen molar-refractivity contribution in [3.63, 3.8) is 0 Å². The highest BCUT2D eigenvalue weighted by Gasteiger charge is 2.28. The Balaban J connectivity index is 0.00000242. The van der Waals surface area contributed by atoms with Crippen LogP contribution in [0.25, 0.3) is 0 Å². The first kappa shape index (κ1) is 18.9. The number of aliphatic imine (C=N–C) groups is 1. The van der Waals surface area contributed by atoms with E-state index in [0.717, 1.165) is 12.2 Å². The molecule has 0 amide bonds. The molecule has 0 radical (unpaired) electrons. The van der Waals surface area contributed by atoms with Crippen LogP contribution < -0.4 is 20.5 Å². The Morgan fingerprint density at radius 2 is 1.86 bits per heavy atom. The SMILES string of the molecule is COc1ccc(NC(N)=NCC2(C)CCCC2)cc1OC.I. The van der Waals surface area contributed by atoms with Gasteiger partial charge >= 0.3 is 0 Å². The number of benzene rings is 1. The lowest BCUT2D eigenvalue weighted by Crippen LogP contribution is -2.25. The van der Waals surface area contributed by atoms with Gasteiger partial charge in [0.25, 0.3) is 0 Å². The van der Waals surface area contributed by atoms with Gasteiger partial charge in [-0.2, -0.15) is 0 Å². The van der Waals surface area contributed by atoms with Crippen LogP contribution in [0.1, 0.15) is 32.6 Å². The van der Waals surface area contributed by atoms with Crippen LogP contribution in [0.2, 0.25) is 0 Å². The van der Waals surface area contributed by atoms with Crippen molar-refractivity contribution in [1.82, 2.24) is 0 Å². The molecule has 6 heteroatoms. The van der Waals surface area contributed by atoms with E-state index in [1.165, 1.54) is 25.7 Å². The fraction of sp³-hybridized carbons (Fsp3) is 0.562. The summed E-state index contributed by atoms with van der Waals surface area (Å²) in [6.45, 7) is 3.06. The number of ether oxygens (including phenoxy) is 2. The van der Waals surface area contributed by atoms with E-state index in [-0.39, 0.29) is 24.0 Å². The lowest BCUT2D eigenvalue weighted by Gasteiger charge is -2.20. The molecule has 0 saturated heterocycles. The van der Waals surface area contributed by atoms with Gasteiger partial charge in [0.05, 0.1) is 14.2 Å². The molecule has 1 fully saturated rings. The molecule has 5 nitrogen and oxygen atoms in total. The van der Waals surface area contributed by atoms with E-state index in [1.807, 2.05) is 18.2 Å². The summed E-state index contributed by atoms with van der Waals surface area (Å²) < 4.78 is 10.5. The Bertz CT molecular complexity index is 514. The van der Waals surface area contributed by atoms with Gasteiger partial charge in [-0.15, -0.1) is 24.0 Å².